The van der Waals surface area contributed by atoms with Gasteiger partial charge in [-0.15, -0.1) is 11.3 Å². The number of aromatic nitrogens is 1. The summed E-state index contributed by atoms with van der Waals surface area (Å²) in [4.78, 5) is 4.79. The first-order valence-corrected chi connectivity index (χ1v) is 6.36. The van der Waals surface area contributed by atoms with Crippen LogP contribution in [0.15, 0.2) is 30.5 Å². The molecule has 102 valence electrons. The lowest BCUT2D eigenvalue weighted by Crippen LogP contribution is -2.12. The van der Waals surface area contributed by atoms with Crippen LogP contribution in [0.4, 0.5) is 13.2 Å². The first kappa shape index (κ1) is 14.0. The van der Waals surface area contributed by atoms with Crippen molar-refractivity contribution in [2.24, 2.45) is 0 Å². The molecule has 2 aromatic rings. The van der Waals surface area contributed by atoms with Gasteiger partial charge in [0.1, 0.15) is 5.01 Å². The molecule has 6 heteroatoms. The minimum absolute atomic E-state index is 0.589. The van der Waals surface area contributed by atoms with E-state index in [1.165, 1.54) is 29.7 Å². The molecule has 0 radical (unpaired) electrons. The zero-order chi connectivity index (χ0) is 14.3. The smallest absolute Gasteiger partial charge is 0.385 e. The predicted molar refractivity (Wildman–Crippen MR) is 67.8 cm³/mol. The van der Waals surface area contributed by atoms with E-state index >= 15 is 0 Å². The molecule has 1 aromatic heterocycles. The van der Waals surface area contributed by atoms with E-state index in [9.17, 15) is 18.3 Å². The van der Waals surface area contributed by atoms with Gasteiger partial charge in [0.15, 0.2) is 0 Å². The van der Waals surface area contributed by atoms with E-state index in [-0.39, 0.29) is 0 Å². The van der Waals surface area contributed by atoms with Crippen LogP contribution >= 0.6 is 11.3 Å². The van der Waals surface area contributed by atoms with Crippen molar-refractivity contribution in [3.8, 4) is 10.6 Å². The van der Waals surface area contributed by atoms with Crippen LogP contribution in [0.2, 0.25) is 0 Å². The molecular formula is C13H12F3NOS. The fourth-order valence-corrected chi connectivity index (χ4v) is 2.42. The largest absolute Gasteiger partial charge is 0.416 e. The number of alkyl halides is 3. The Kier molecular flexibility index (Phi) is 3.40. The molecule has 19 heavy (non-hydrogen) atoms. The average molecular weight is 287 g/mol. The normalized spacial score (nSPS) is 12.7. The van der Waals surface area contributed by atoms with E-state index in [1.807, 2.05) is 0 Å². The molecular weight excluding hydrogens is 275 g/mol. The van der Waals surface area contributed by atoms with Crippen molar-refractivity contribution in [3.05, 3.63) is 40.9 Å². The van der Waals surface area contributed by atoms with Crippen LogP contribution in [0.5, 0.6) is 0 Å². The van der Waals surface area contributed by atoms with Gasteiger partial charge in [0.05, 0.1) is 16.0 Å². The molecule has 0 aliphatic heterocycles. The monoisotopic (exact) mass is 287 g/mol. The lowest BCUT2D eigenvalue weighted by molar-refractivity contribution is -0.137. The molecule has 0 unspecified atom stereocenters. The molecule has 1 N–H and O–H groups in total. The minimum atomic E-state index is -4.33. The second-order valence-electron chi connectivity index (χ2n) is 4.66. The van der Waals surface area contributed by atoms with Gasteiger partial charge in [0.25, 0.3) is 0 Å². The van der Waals surface area contributed by atoms with Crippen LogP contribution in [0.3, 0.4) is 0 Å². The van der Waals surface area contributed by atoms with Crippen molar-refractivity contribution in [3.63, 3.8) is 0 Å². The lowest BCUT2D eigenvalue weighted by Gasteiger charge is -2.13. The van der Waals surface area contributed by atoms with Crippen LogP contribution in [0, 0.1) is 0 Å². The van der Waals surface area contributed by atoms with Gasteiger partial charge >= 0.3 is 6.18 Å². The van der Waals surface area contributed by atoms with Gasteiger partial charge in [-0.3, -0.25) is 0 Å². The summed E-state index contributed by atoms with van der Waals surface area (Å²) in [6.45, 7) is 3.27. The topological polar surface area (TPSA) is 33.1 Å². The molecule has 0 atom stereocenters. The van der Waals surface area contributed by atoms with Crippen molar-refractivity contribution < 1.29 is 18.3 Å². The summed E-state index contributed by atoms with van der Waals surface area (Å²) < 4.78 is 37.3. The minimum Gasteiger partial charge on any atom is -0.385 e. The highest BCUT2D eigenvalue weighted by molar-refractivity contribution is 7.15. The average Bonchev–Trinajstić information content (AvgIpc) is 2.77. The number of aliphatic hydroxyl groups is 1. The van der Waals surface area contributed by atoms with Crippen molar-refractivity contribution >= 4 is 11.3 Å². The second-order valence-corrected chi connectivity index (χ2v) is 5.69. The van der Waals surface area contributed by atoms with Crippen LogP contribution in [0.1, 0.15) is 24.3 Å². The molecule has 0 saturated heterocycles. The Bertz CT molecular complexity index is 567. The number of halogens is 3. The van der Waals surface area contributed by atoms with E-state index in [0.29, 0.717) is 15.4 Å². The molecule has 2 rings (SSSR count). The Morgan fingerprint density at radius 3 is 2.11 bits per heavy atom. The number of thiazole rings is 1. The van der Waals surface area contributed by atoms with Gasteiger partial charge in [0, 0.05) is 11.8 Å². The number of rotatable bonds is 2. The maximum Gasteiger partial charge on any atom is 0.416 e. The predicted octanol–water partition coefficient (Wildman–Crippen LogP) is 4.06. The van der Waals surface area contributed by atoms with Gasteiger partial charge in [-0.25, -0.2) is 4.98 Å². The molecule has 1 aromatic carbocycles. The Morgan fingerprint density at radius 1 is 1.11 bits per heavy atom. The molecule has 0 amide bonds. The number of hydrogen-bond donors (Lipinski definition) is 1. The SMILES string of the molecule is CC(C)(O)c1cnc(-c2ccc(C(F)(F)F)cc2)s1. The van der Waals surface area contributed by atoms with Crippen molar-refractivity contribution in [1.82, 2.24) is 4.98 Å². The molecule has 0 aliphatic rings. The summed E-state index contributed by atoms with van der Waals surface area (Å²) >= 11 is 1.26. The Balaban J connectivity index is 2.31. The molecule has 1 heterocycles. The van der Waals surface area contributed by atoms with Gasteiger partial charge in [-0.05, 0) is 26.0 Å². The summed E-state index contributed by atoms with van der Waals surface area (Å²) in [5.74, 6) is 0. The zero-order valence-corrected chi connectivity index (χ0v) is 11.1. The summed E-state index contributed by atoms with van der Waals surface area (Å²) in [5.41, 5.74) is -1.08. The summed E-state index contributed by atoms with van der Waals surface area (Å²) in [6, 6.07) is 4.83. The maximum absolute atomic E-state index is 12.4. The molecule has 0 saturated carbocycles. The fraction of sp³-hybridized carbons (Fsp3) is 0.308. The molecule has 0 aliphatic carbocycles. The highest BCUT2D eigenvalue weighted by atomic mass is 32.1. The van der Waals surface area contributed by atoms with Crippen LogP contribution < -0.4 is 0 Å². The van der Waals surface area contributed by atoms with E-state index in [0.717, 1.165) is 12.1 Å². The zero-order valence-electron chi connectivity index (χ0n) is 10.3. The van der Waals surface area contributed by atoms with E-state index in [2.05, 4.69) is 4.98 Å². The number of nitrogens with zero attached hydrogens (tertiary/aromatic N) is 1. The van der Waals surface area contributed by atoms with E-state index in [1.54, 1.807) is 13.8 Å². The van der Waals surface area contributed by atoms with Crippen LogP contribution in [0.25, 0.3) is 10.6 Å². The molecule has 0 bridgehead atoms. The summed E-state index contributed by atoms with van der Waals surface area (Å²) in [5, 5.41) is 10.4. The van der Waals surface area contributed by atoms with Crippen molar-refractivity contribution in [2.45, 2.75) is 25.6 Å². The number of benzene rings is 1. The highest BCUT2D eigenvalue weighted by Gasteiger charge is 2.30. The van der Waals surface area contributed by atoms with Crippen molar-refractivity contribution in [1.29, 1.82) is 0 Å². The van der Waals surface area contributed by atoms with Crippen LogP contribution in [-0.4, -0.2) is 10.1 Å². The maximum atomic E-state index is 12.4. The van der Waals surface area contributed by atoms with E-state index in [4.69, 9.17) is 0 Å². The summed E-state index contributed by atoms with van der Waals surface area (Å²) in [7, 11) is 0. The van der Waals surface area contributed by atoms with Gasteiger partial charge in [0.2, 0.25) is 0 Å². The van der Waals surface area contributed by atoms with Gasteiger partial charge in [-0.1, -0.05) is 12.1 Å². The standard InChI is InChI=1S/C13H12F3NOS/c1-12(2,18)10-7-17-11(19-10)8-3-5-9(6-4-8)13(14,15)16/h3-7,18H,1-2H3. The molecule has 2 nitrogen and oxygen atoms in total. The van der Waals surface area contributed by atoms with Gasteiger partial charge in [-0.2, -0.15) is 13.2 Å². The summed E-state index contributed by atoms with van der Waals surface area (Å²) in [6.07, 6.45) is -2.79. The second kappa shape index (κ2) is 4.61. The van der Waals surface area contributed by atoms with Crippen LogP contribution in [-0.2, 0) is 11.8 Å². The third-order valence-electron chi connectivity index (χ3n) is 2.57. The van der Waals surface area contributed by atoms with Gasteiger partial charge < -0.3 is 5.11 Å². The lowest BCUT2D eigenvalue weighted by atomic mass is 10.1. The first-order valence-electron chi connectivity index (χ1n) is 5.54. The number of hydrogen-bond acceptors (Lipinski definition) is 3. The quantitative estimate of drug-likeness (QED) is 0.903. The van der Waals surface area contributed by atoms with E-state index < -0.39 is 17.3 Å². The Labute approximate surface area is 112 Å². The molecule has 0 fully saturated rings. The fourth-order valence-electron chi connectivity index (χ4n) is 1.49. The first-order chi connectivity index (χ1) is 8.68. The molecule has 0 spiro atoms. The highest BCUT2D eigenvalue weighted by Crippen LogP contribution is 2.34. The van der Waals surface area contributed by atoms with Crippen molar-refractivity contribution in [2.75, 3.05) is 0 Å². The Morgan fingerprint density at radius 2 is 1.68 bits per heavy atom. The third kappa shape index (κ3) is 3.13. The Hall–Kier alpha value is -1.40. The third-order valence-corrected chi connectivity index (χ3v) is 3.93.